The fourth-order valence-electron chi connectivity index (χ4n) is 4.42. The van der Waals surface area contributed by atoms with E-state index in [0.717, 1.165) is 50.5 Å². The van der Waals surface area contributed by atoms with Crippen molar-refractivity contribution < 1.29 is 9.59 Å². The average Bonchev–Trinajstić information content (AvgIpc) is 3.11. The Balaban J connectivity index is 1.43. The van der Waals surface area contributed by atoms with Crippen molar-refractivity contribution in [2.75, 3.05) is 46.8 Å². The molecule has 0 bridgehead atoms. The van der Waals surface area contributed by atoms with Crippen molar-refractivity contribution in [3.63, 3.8) is 0 Å². The van der Waals surface area contributed by atoms with E-state index in [0.29, 0.717) is 32.0 Å². The van der Waals surface area contributed by atoms with E-state index in [4.69, 9.17) is 0 Å². The van der Waals surface area contributed by atoms with Gasteiger partial charge in [-0.15, -0.1) is 10.2 Å². The maximum atomic E-state index is 12.8. The quantitative estimate of drug-likeness (QED) is 0.739. The molecule has 8 heteroatoms. The minimum Gasteiger partial charge on any atom is -0.345 e. The van der Waals surface area contributed by atoms with Crippen LogP contribution in [0.1, 0.15) is 36.8 Å². The van der Waals surface area contributed by atoms with Gasteiger partial charge in [-0.1, -0.05) is 0 Å². The molecule has 0 radical (unpaired) electrons. The molecular weight excluding hydrogens is 332 g/mol. The van der Waals surface area contributed by atoms with Crippen LogP contribution in [0.3, 0.4) is 0 Å². The van der Waals surface area contributed by atoms with Crippen LogP contribution in [0, 0.1) is 5.92 Å². The Morgan fingerprint density at radius 3 is 2.50 bits per heavy atom. The summed E-state index contributed by atoms with van der Waals surface area (Å²) in [5, 5.41) is 8.92. The number of fused-ring (bicyclic) bond motifs is 1. The lowest BCUT2D eigenvalue weighted by molar-refractivity contribution is -0.135. The maximum Gasteiger partial charge on any atom is 0.228 e. The lowest BCUT2D eigenvalue weighted by Crippen LogP contribution is -2.39. The van der Waals surface area contributed by atoms with Crippen molar-refractivity contribution >= 4 is 11.8 Å². The first kappa shape index (κ1) is 17.5. The average molecular weight is 360 g/mol. The number of rotatable bonds is 2. The van der Waals surface area contributed by atoms with E-state index in [1.807, 2.05) is 4.90 Å². The van der Waals surface area contributed by atoms with Gasteiger partial charge in [-0.05, 0) is 33.0 Å². The molecule has 142 valence electrons. The largest absolute Gasteiger partial charge is 0.345 e. The van der Waals surface area contributed by atoms with Gasteiger partial charge in [0.1, 0.15) is 11.6 Å². The summed E-state index contributed by atoms with van der Waals surface area (Å²) in [5.41, 5.74) is 0. The summed E-state index contributed by atoms with van der Waals surface area (Å²) < 4.78 is 2.25. The van der Waals surface area contributed by atoms with Crippen LogP contribution in [0.25, 0.3) is 0 Å². The number of amides is 2. The number of piperidine rings is 1. The molecule has 0 N–H and O–H groups in total. The normalized spacial score (nSPS) is 25.5. The van der Waals surface area contributed by atoms with Crippen LogP contribution in [-0.2, 0) is 22.6 Å². The molecule has 0 saturated carbocycles. The Morgan fingerprint density at radius 1 is 1.04 bits per heavy atom. The molecular formula is C18H28N6O2. The van der Waals surface area contributed by atoms with Gasteiger partial charge in [0.25, 0.3) is 0 Å². The summed E-state index contributed by atoms with van der Waals surface area (Å²) in [7, 11) is 3.93. The topological polar surface area (TPSA) is 74.6 Å². The van der Waals surface area contributed by atoms with Crippen molar-refractivity contribution in [2.45, 2.75) is 38.1 Å². The molecule has 3 aliphatic heterocycles. The molecule has 0 unspecified atom stereocenters. The van der Waals surface area contributed by atoms with Gasteiger partial charge >= 0.3 is 0 Å². The zero-order valence-electron chi connectivity index (χ0n) is 15.7. The summed E-state index contributed by atoms with van der Waals surface area (Å²) in [6.45, 7) is 4.84. The highest BCUT2D eigenvalue weighted by Crippen LogP contribution is 2.28. The number of likely N-dealkylation sites (tertiary alicyclic amines) is 2. The fraction of sp³-hybridized carbons (Fsp3) is 0.778. The Hall–Kier alpha value is -1.96. The van der Waals surface area contributed by atoms with Gasteiger partial charge in [-0.25, -0.2) is 0 Å². The molecule has 0 spiro atoms. The Bertz CT molecular complexity index is 694. The van der Waals surface area contributed by atoms with Gasteiger partial charge in [0.05, 0.1) is 5.92 Å². The van der Waals surface area contributed by atoms with Crippen LogP contribution in [0.5, 0.6) is 0 Å². The lowest BCUT2D eigenvalue weighted by Gasteiger charge is -2.28. The number of carbonyl (C=O) groups is 2. The monoisotopic (exact) mass is 360 g/mol. The Labute approximate surface area is 154 Å². The molecule has 0 aromatic carbocycles. The van der Waals surface area contributed by atoms with Crippen molar-refractivity contribution in [3.05, 3.63) is 11.6 Å². The Kier molecular flexibility index (Phi) is 4.69. The molecule has 4 rings (SSSR count). The van der Waals surface area contributed by atoms with Crippen LogP contribution < -0.4 is 0 Å². The molecule has 2 saturated heterocycles. The van der Waals surface area contributed by atoms with Crippen LogP contribution >= 0.6 is 0 Å². The zero-order valence-corrected chi connectivity index (χ0v) is 15.7. The number of carbonyl (C=O) groups excluding carboxylic acids is 2. The highest BCUT2D eigenvalue weighted by Gasteiger charge is 2.35. The van der Waals surface area contributed by atoms with Gasteiger partial charge in [0.15, 0.2) is 0 Å². The van der Waals surface area contributed by atoms with E-state index < -0.39 is 0 Å². The third-order valence-electron chi connectivity index (χ3n) is 6.14. The first-order valence-corrected chi connectivity index (χ1v) is 9.66. The minimum absolute atomic E-state index is 0.0693. The molecule has 1 aromatic heterocycles. The predicted molar refractivity (Wildman–Crippen MR) is 95.5 cm³/mol. The smallest absolute Gasteiger partial charge is 0.228 e. The van der Waals surface area contributed by atoms with Gasteiger partial charge in [0.2, 0.25) is 11.8 Å². The third-order valence-corrected chi connectivity index (χ3v) is 6.14. The van der Waals surface area contributed by atoms with E-state index in [1.54, 1.807) is 11.9 Å². The van der Waals surface area contributed by atoms with Crippen molar-refractivity contribution in [1.29, 1.82) is 0 Å². The van der Waals surface area contributed by atoms with Gasteiger partial charge in [-0.2, -0.15) is 0 Å². The second-order valence-electron chi connectivity index (χ2n) is 7.95. The van der Waals surface area contributed by atoms with Gasteiger partial charge in [-0.3, -0.25) is 9.59 Å². The molecule has 2 amide bonds. The van der Waals surface area contributed by atoms with E-state index in [9.17, 15) is 9.59 Å². The summed E-state index contributed by atoms with van der Waals surface area (Å²) >= 11 is 0. The molecule has 0 aliphatic carbocycles. The first-order valence-electron chi connectivity index (χ1n) is 9.66. The standard InChI is InChI=1S/C18H28N6O2/c1-21-6-3-13(4-7-21)17-20-19-15-5-8-23(9-10-24(15)17)18(26)14-11-16(25)22(2)12-14/h13-14H,3-12H2,1-2H3/t14-/m0/s1. The Morgan fingerprint density at radius 2 is 1.81 bits per heavy atom. The number of hydrogen-bond donors (Lipinski definition) is 0. The summed E-state index contributed by atoms with van der Waals surface area (Å²) in [5.74, 6) is 2.55. The highest BCUT2D eigenvalue weighted by atomic mass is 16.2. The molecule has 3 aliphatic rings. The number of nitrogens with zero attached hydrogens (tertiary/aromatic N) is 6. The highest BCUT2D eigenvalue weighted by molar-refractivity contribution is 5.89. The van der Waals surface area contributed by atoms with Crippen LogP contribution in [-0.4, -0.2) is 88.1 Å². The number of hydrogen-bond acceptors (Lipinski definition) is 5. The minimum atomic E-state index is -0.190. The second kappa shape index (κ2) is 6.98. The fourth-order valence-corrected chi connectivity index (χ4v) is 4.42. The van der Waals surface area contributed by atoms with Gasteiger partial charge in [0, 0.05) is 52.0 Å². The zero-order chi connectivity index (χ0) is 18.3. The van der Waals surface area contributed by atoms with Crippen molar-refractivity contribution in [3.8, 4) is 0 Å². The van der Waals surface area contributed by atoms with Gasteiger partial charge < -0.3 is 19.3 Å². The molecule has 8 nitrogen and oxygen atoms in total. The second-order valence-corrected chi connectivity index (χ2v) is 7.95. The molecule has 1 aromatic rings. The van der Waals surface area contributed by atoms with Crippen LogP contribution in [0.15, 0.2) is 0 Å². The lowest BCUT2D eigenvalue weighted by atomic mass is 9.96. The SMILES string of the molecule is CN1CCC(c2nnc3n2CCN(C(=O)[C@H]2CC(=O)N(C)C2)CC3)CC1. The van der Waals surface area contributed by atoms with Crippen molar-refractivity contribution in [2.24, 2.45) is 5.92 Å². The molecule has 1 atom stereocenters. The third kappa shape index (κ3) is 3.22. The number of aromatic nitrogens is 3. The first-order chi connectivity index (χ1) is 12.5. The molecule has 26 heavy (non-hydrogen) atoms. The van der Waals surface area contributed by atoms with E-state index in [-0.39, 0.29) is 17.7 Å². The van der Waals surface area contributed by atoms with E-state index >= 15 is 0 Å². The summed E-state index contributed by atoms with van der Waals surface area (Å²) in [6.07, 6.45) is 3.32. The summed E-state index contributed by atoms with van der Waals surface area (Å²) in [6, 6.07) is 0. The molecule has 2 fully saturated rings. The molecule has 4 heterocycles. The van der Waals surface area contributed by atoms with Crippen LogP contribution in [0.2, 0.25) is 0 Å². The summed E-state index contributed by atoms with van der Waals surface area (Å²) in [4.78, 5) is 30.5. The van der Waals surface area contributed by atoms with Crippen molar-refractivity contribution in [1.82, 2.24) is 29.5 Å². The van der Waals surface area contributed by atoms with E-state index in [1.165, 1.54) is 0 Å². The maximum absolute atomic E-state index is 12.8. The van der Waals surface area contributed by atoms with E-state index in [2.05, 4.69) is 26.7 Å². The van der Waals surface area contributed by atoms with Crippen LogP contribution in [0.4, 0.5) is 0 Å². The predicted octanol–water partition coefficient (Wildman–Crippen LogP) is -0.0497.